The Hall–Kier alpha value is -0.701. The summed E-state index contributed by atoms with van der Waals surface area (Å²) in [5.74, 6) is 0.788. The van der Waals surface area contributed by atoms with Gasteiger partial charge in [0.15, 0.2) is 11.5 Å². The van der Waals surface area contributed by atoms with Crippen LogP contribution in [0.1, 0.15) is 31.2 Å². The first-order chi connectivity index (χ1) is 7.43. The third-order valence-corrected chi connectivity index (χ3v) is 2.83. The number of hydrogen-bond acceptors (Lipinski definition) is 2. The minimum absolute atomic E-state index is 0. The second-order valence-corrected chi connectivity index (χ2v) is 3.94. The maximum atomic E-state index is 5.70. The number of rotatable bonds is 1. The summed E-state index contributed by atoms with van der Waals surface area (Å²) in [6, 6.07) is 8.06. The van der Waals surface area contributed by atoms with Crippen molar-refractivity contribution >= 4 is 11.1 Å². The molecule has 0 N–H and O–H groups in total. The predicted molar refractivity (Wildman–Crippen MR) is 58.8 cm³/mol. The van der Waals surface area contributed by atoms with Crippen LogP contribution in [0.25, 0.3) is 16.4 Å². The zero-order valence-electron chi connectivity index (χ0n) is 8.85. The number of para-hydroxylation sites is 2. The van der Waals surface area contributed by atoms with E-state index in [9.17, 15) is 0 Å². The third kappa shape index (κ3) is 2.19. The zero-order valence-corrected chi connectivity index (χ0v) is 11.2. The number of benzene rings is 1. The monoisotopic (exact) mass is 394 g/mol. The Kier molecular flexibility index (Phi) is 3.74. The summed E-state index contributed by atoms with van der Waals surface area (Å²) in [5.41, 5.74) is 1.81. The quantitative estimate of drug-likeness (QED) is 0.745. The van der Waals surface area contributed by atoms with Crippen molar-refractivity contribution in [2.45, 2.75) is 25.3 Å². The Labute approximate surface area is 108 Å². The fraction of sp³-hybridized carbons (Fsp3) is 0.417. The molecule has 1 fully saturated rings. The molecule has 1 aliphatic heterocycles. The molecule has 16 heavy (non-hydrogen) atoms. The fourth-order valence-corrected chi connectivity index (χ4v) is 2.02. The summed E-state index contributed by atoms with van der Waals surface area (Å²) in [6.45, 7) is 0.948. The Bertz CT molecular complexity index is 430. The molecular weight excluding hydrogens is 380 g/mol. The van der Waals surface area contributed by atoms with Gasteiger partial charge in [0.1, 0.15) is 5.52 Å². The van der Waals surface area contributed by atoms with E-state index in [1.54, 1.807) is 0 Å². The number of hydrogen-bond donors (Lipinski definition) is 0. The van der Waals surface area contributed by atoms with E-state index in [4.69, 9.17) is 4.42 Å². The van der Waals surface area contributed by atoms with Gasteiger partial charge in [-0.25, -0.2) is 4.98 Å². The molecule has 0 spiro atoms. The van der Waals surface area contributed by atoms with Gasteiger partial charge in [-0.3, -0.25) is 0 Å². The van der Waals surface area contributed by atoms with Gasteiger partial charge >= 0.3 is 0 Å². The van der Waals surface area contributed by atoms with E-state index in [0.29, 0.717) is 0 Å². The summed E-state index contributed by atoms with van der Waals surface area (Å²) in [6.07, 6.45) is 3.51. The molecule has 1 aromatic carbocycles. The Balaban J connectivity index is 0.000000963. The standard InChI is InChI=1S/C12H13N2O.Ir/c1-2-7-11-9(5-1)14-12(15-11)10-6-3-4-8-13-10;/h1-2,5,7,10H,3-4,6,8H2;/q-1;. The van der Waals surface area contributed by atoms with Crippen LogP contribution in [0.4, 0.5) is 0 Å². The normalized spacial score (nSPS) is 20.6. The average Bonchev–Trinajstić information content (AvgIpc) is 2.74. The molecular formula is C12H13IrN2O-. The van der Waals surface area contributed by atoms with Crippen molar-refractivity contribution in [1.82, 2.24) is 4.98 Å². The summed E-state index contributed by atoms with van der Waals surface area (Å²) >= 11 is 0. The Morgan fingerprint density at radius 1 is 1.25 bits per heavy atom. The van der Waals surface area contributed by atoms with Crippen LogP contribution >= 0.6 is 0 Å². The van der Waals surface area contributed by atoms with Crippen LogP contribution in [-0.4, -0.2) is 11.5 Å². The maximum Gasteiger partial charge on any atom is 0.177 e. The molecule has 0 amide bonds. The first kappa shape index (κ1) is 11.8. The number of aromatic nitrogens is 1. The minimum atomic E-state index is 0. The summed E-state index contributed by atoms with van der Waals surface area (Å²) < 4.78 is 5.70. The Morgan fingerprint density at radius 2 is 2.12 bits per heavy atom. The van der Waals surface area contributed by atoms with Crippen molar-refractivity contribution in [3.8, 4) is 0 Å². The first-order valence-corrected chi connectivity index (χ1v) is 5.45. The largest absolute Gasteiger partial charge is 0.652 e. The third-order valence-electron chi connectivity index (χ3n) is 2.83. The van der Waals surface area contributed by atoms with Crippen LogP contribution in [0, 0.1) is 0 Å². The number of piperidine rings is 1. The van der Waals surface area contributed by atoms with Gasteiger partial charge in [0.2, 0.25) is 0 Å². The van der Waals surface area contributed by atoms with Crippen LogP contribution in [0.15, 0.2) is 28.7 Å². The molecule has 1 unspecified atom stereocenters. The molecule has 1 radical (unpaired) electrons. The number of fused-ring (bicyclic) bond motifs is 1. The van der Waals surface area contributed by atoms with Crippen molar-refractivity contribution in [2.75, 3.05) is 6.54 Å². The van der Waals surface area contributed by atoms with E-state index < -0.39 is 0 Å². The van der Waals surface area contributed by atoms with Crippen LogP contribution in [-0.2, 0) is 20.1 Å². The molecule has 87 valence electrons. The van der Waals surface area contributed by atoms with E-state index in [1.165, 1.54) is 12.8 Å². The van der Waals surface area contributed by atoms with E-state index in [2.05, 4.69) is 10.3 Å². The minimum Gasteiger partial charge on any atom is -0.652 e. The van der Waals surface area contributed by atoms with Crippen LogP contribution in [0.2, 0.25) is 0 Å². The summed E-state index contributed by atoms with van der Waals surface area (Å²) in [4.78, 5) is 4.48. The van der Waals surface area contributed by atoms with Gasteiger partial charge in [0.25, 0.3) is 0 Å². The molecule has 3 nitrogen and oxygen atoms in total. The van der Waals surface area contributed by atoms with Crippen molar-refractivity contribution in [3.63, 3.8) is 0 Å². The van der Waals surface area contributed by atoms with Crippen LogP contribution in [0.5, 0.6) is 0 Å². The fourth-order valence-electron chi connectivity index (χ4n) is 2.02. The van der Waals surface area contributed by atoms with Gasteiger partial charge in [-0.05, 0) is 12.1 Å². The predicted octanol–water partition coefficient (Wildman–Crippen LogP) is 3.42. The maximum absolute atomic E-state index is 5.70. The molecule has 1 aromatic heterocycles. The van der Waals surface area contributed by atoms with Crippen molar-refractivity contribution in [1.29, 1.82) is 0 Å². The van der Waals surface area contributed by atoms with Crippen LogP contribution < -0.4 is 0 Å². The van der Waals surface area contributed by atoms with E-state index in [-0.39, 0.29) is 26.1 Å². The van der Waals surface area contributed by atoms with Gasteiger partial charge in [-0.2, -0.15) is 0 Å². The van der Waals surface area contributed by atoms with Gasteiger partial charge in [0, 0.05) is 20.1 Å². The molecule has 2 aromatic rings. The SMILES string of the molecule is [Ir].c1ccc2oc(C3CCCC[N-]3)nc2c1. The zero-order chi connectivity index (χ0) is 10.1. The van der Waals surface area contributed by atoms with Gasteiger partial charge in [0.05, 0.1) is 0 Å². The Morgan fingerprint density at radius 3 is 2.88 bits per heavy atom. The molecule has 4 heteroatoms. The molecule has 0 bridgehead atoms. The number of nitrogens with zero attached hydrogens (tertiary/aromatic N) is 2. The molecule has 3 rings (SSSR count). The van der Waals surface area contributed by atoms with Gasteiger partial charge < -0.3 is 9.73 Å². The molecule has 1 saturated heterocycles. The van der Waals surface area contributed by atoms with Crippen LogP contribution in [0.3, 0.4) is 0 Å². The smallest absolute Gasteiger partial charge is 0.177 e. The van der Waals surface area contributed by atoms with Crippen molar-refractivity contribution in [2.24, 2.45) is 0 Å². The molecule has 0 saturated carbocycles. The molecule has 2 heterocycles. The first-order valence-electron chi connectivity index (χ1n) is 5.45. The van der Waals surface area contributed by atoms with Crippen molar-refractivity contribution in [3.05, 3.63) is 35.5 Å². The number of oxazole rings is 1. The van der Waals surface area contributed by atoms with Gasteiger partial charge in [-0.15, -0.1) is 6.54 Å². The summed E-state index contributed by atoms with van der Waals surface area (Å²) in [7, 11) is 0. The summed E-state index contributed by atoms with van der Waals surface area (Å²) in [5, 5.41) is 4.54. The second kappa shape index (κ2) is 5.09. The molecule has 0 aliphatic carbocycles. The average molecular weight is 393 g/mol. The van der Waals surface area contributed by atoms with E-state index in [1.807, 2.05) is 24.3 Å². The van der Waals surface area contributed by atoms with Crippen molar-refractivity contribution < 1.29 is 24.5 Å². The molecule has 1 atom stereocenters. The van der Waals surface area contributed by atoms with E-state index in [0.717, 1.165) is 30.0 Å². The topological polar surface area (TPSA) is 40.1 Å². The van der Waals surface area contributed by atoms with E-state index >= 15 is 0 Å². The molecule has 1 aliphatic rings. The van der Waals surface area contributed by atoms with Gasteiger partial charge in [-0.1, -0.05) is 37.4 Å². The second-order valence-electron chi connectivity index (χ2n) is 3.94.